The molecule has 0 bridgehead atoms. The molecule has 0 fully saturated rings. The summed E-state index contributed by atoms with van der Waals surface area (Å²) in [5, 5.41) is 11.5. The van der Waals surface area contributed by atoms with Crippen LogP contribution in [0.25, 0.3) is 33.6 Å². The molecule has 0 radical (unpaired) electrons. The van der Waals surface area contributed by atoms with Crippen molar-refractivity contribution in [2.24, 2.45) is 5.73 Å². The molecule has 0 aliphatic heterocycles. The number of fused-ring (bicyclic) bond motifs is 1. The van der Waals surface area contributed by atoms with E-state index in [0.29, 0.717) is 24.5 Å². The Kier molecular flexibility index (Phi) is 5.70. The van der Waals surface area contributed by atoms with E-state index >= 15 is 0 Å². The lowest BCUT2D eigenvalue weighted by Crippen LogP contribution is -2.23. The van der Waals surface area contributed by atoms with Gasteiger partial charge in [-0.2, -0.15) is 5.10 Å². The van der Waals surface area contributed by atoms with Crippen LogP contribution in [0.3, 0.4) is 0 Å². The fraction of sp³-hybridized carbons (Fsp3) is 0.115. The second-order valence-corrected chi connectivity index (χ2v) is 7.78. The van der Waals surface area contributed by atoms with Gasteiger partial charge in [-0.1, -0.05) is 42.5 Å². The molecule has 0 aliphatic rings. The Bertz CT molecular complexity index is 1360. The lowest BCUT2D eigenvalue weighted by Gasteiger charge is -2.16. The van der Waals surface area contributed by atoms with Crippen molar-refractivity contribution in [1.29, 1.82) is 0 Å². The Morgan fingerprint density at radius 2 is 1.82 bits per heavy atom. The third-order valence-corrected chi connectivity index (χ3v) is 5.64. The number of rotatable bonds is 7. The molecule has 1 unspecified atom stereocenters. The number of amides is 1. The van der Waals surface area contributed by atoms with Gasteiger partial charge in [-0.05, 0) is 48.9 Å². The van der Waals surface area contributed by atoms with Crippen molar-refractivity contribution in [2.75, 3.05) is 11.9 Å². The molecule has 5 aromatic rings. The zero-order chi connectivity index (χ0) is 22.6. The van der Waals surface area contributed by atoms with E-state index < -0.39 is 0 Å². The van der Waals surface area contributed by atoms with Gasteiger partial charge in [-0.15, -0.1) is 0 Å². The van der Waals surface area contributed by atoms with Crippen molar-refractivity contribution in [3.05, 3.63) is 90.8 Å². The molecule has 164 valence electrons. The van der Waals surface area contributed by atoms with E-state index in [1.165, 1.54) is 0 Å². The van der Waals surface area contributed by atoms with Crippen molar-refractivity contribution in [2.45, 2.75) is 12.3 Å². The first-order valence-electron chi connectivity index (χ1n) is 10.8. The number of benzene rings is 3. The number of nitrogens with zero attached hydrogens (tertiary/aromatic N) is 2. The third-order valence-electron chi connectivity index (χ3n) is 5.64. The standard InChI is InChI=1S/C26H23N5O2/c27-13-12-21(17-4-2-1-3-5-17)25(32)29-20-10-11-23-22(16-20)24(31-30-23)18-6-8-19(9-7-18)26-28-14-15-33-26/h1-11,14-16,21H,12-13,27H2,(H,29,32)(H,30,31). The number of hydrogen-bond donors (Lipinski definition) is 3. The smallest absolute Gasteiger partial charge is 0.231 e. The summed E-state index contributed by atoms with van der Waals surface area (Å²) in [6.45, 7) is 0.432. The zero-order valence-corrected chi connectivity index (χ0v) is 17.9. The van der Waals surface area contributed by atoms with Gasteiger partial charge in [0.1, 0.15) is 6.26 Å². The van der Waals surface area contributed by atoms with E-state index in [2.05, 4.69) is 20.5 Å². The van der Waals surface area contributed by atoms with Gasteiger partial charge in [0, 0.05) is 22.2 Å². The minimum absolute atomic E-state index is 0.0775. The number of nitrogens with two attached hydrogens (primary N) is 1. The molecule has 3 aromatic carbocycles. The summed E-state index contributed by atoms with van der Waals surface area (Å²) in [5.41, 5.74) is 11.0. The maximum Gasteiger partial charge on any atom is 0.231 e. The van der Waals surface area contributed by atoms with Crippen LogP contribution in [-0.4, -0.2) is 27.6 Å². The predicted octanol–water partition coefficient (Wildman–Crippen LogP) is 4.96. The van der Waals surface area contributed by atoms with Gasteiger partial charge in [-0.25, -0.2) is 4.98 Å². The van der Waals surface area contributed by atoms with E-state index in [4.69, 9.17) is 10.2 Å². The maximum atomic E-state index is 13.1. The number of oxazole rings is 1. The molecule has 33 heavy (non-hydrogen) atoms. The molecule has 0 aliphatic carbocycles. The molecule has 2 aromatic heterocycles. The van der Waals surface area contributed by atoms with Crippen LogP contribution < -0.4 is 11.1 Å². The molecule has 1 amide bonds. The minimum Gasteiger partial charge on any atom is -0.445 e. The van der Waals surface area contributed by atoms with Crippen molar-refractivity contribution < 1.29 is 9.21 Å². The third kappa shape index (κ3) is 4.26. The van der Waals surface area contributed by atoms with Crippen LogP contribution in [0.2, 0.25) is 0 Å². The summed E-state index contributed by atoms with van der Waals surface area (Å²) >= 11 is 0. The van der Waals surface area contributed by atoms with Gasteiger partial charge in [0.15, 0.2) is 0 Å². The molecule has 0 saturated heterocycles. The van der Waals surface area contributed by atoms with E-state index in [1.807, 2.05) is 72.8 Å². The molecular formula is C26H23N5O2. The quantitative estimate of drug-likeness (QED) is 0.333. The Balaban J connectivity index is 1.42. The monoisotopic (exact) mass is 437 g/mol. The normalized spacial score (nSPS) is 12.0. The predicted molar refractivity (Wildman–Crippen MR) is 129 cm³/mol. The van der Waals surface area contributed by atoms with Crippen LogP contribution in [0.15, 0.2) is 89.7 Å². The lowest BCUT2D eigenvalue weighted by molar-refractivity contribution is -0.117. The largest absolute Gasteiger partial charge is 0.445 e. The summed E-state index contributed by atoms with van der Waals surface area (Å²) in [4.78, 5) is 17.3. The second kappa shape index (κ2) is 9.10. The maximum absolute atomic E-state index is 13.1. The first-order valence-corrected chi connectivity index (χ1v) is 10.8. The fourth-order valence-corrected chi connectivity index (χ4v) is 3.98. The summed E-state index contributed by atoms with van der Waals surface area (Å²) in [6.07, 6.45) is 3.75. The summed E-state index contributed by atoms with van der Waals surface area (Å²) in [7, 11) is 0. The van der Waals surface area contributed by atoms with Crippen molar-refractivity contribution in [1.82, 2.24) is 15.2 Å². The van der Waals surface area contributed by atoms with Crippen molar-refractivity contribution in [3.63, 3.8) is 0 Å². The van der Waals surface area contributed by atoms with Crippen LogP contribution in [0.5, 0.6) is 0 Å². The van der Waals surface area contributed by atoms with E-state index in [1.54, 1.807) is 12.5 Å². The van der Waals surface area contributed by atoms with Crippen LogP contribution in [0.4, 0.5) is 5.69 Å². The van der Waals surface area contributed by atoms with E-state index in [9.17, 15) is 4.79 Å². The lowest BCUT2D eigenvalue weighted by atomic mass is 9.94. The number of hydrogen-bond acceptors (Lipinski definition) is 5. The Hall–Kier alpha value is -4.23. The number of aromatic amines is 1. The molecule has 4 N–H and O–H groups in total. The molecular weight excluding hydrogens is 414 g/mol. The van der Waals surface area contributed by atoms with E-state index in [-0.39, 0.29) is 11.8 Å². The molecule has 0 spiro atoms. The molecule has 5 rings (SSSR count). The number of H-pyrrole nitrogens is 1. The molecule has 0 saturated carbocycles. The van der Waals surface area contributed by atoms with Gasteiger partial charge < -0.3 is 15.5 Å². The first-order chi connectivity index (χ1) is 16.2. The molecule has 1 atom stereocenters. The van der Waals surface area contributed by atoms with Crippen LogP contribution >= 0.6 is 0 Å². The van der Waals surface area contributed by atoms with Gasteiger partial charge in [0.25, 0.3) is 0 Å². The SMILES string of the molecule is NCCC(C(=O)Nc1ccc2[nH]nc(-c3ccc(-c4ncco4)cc3)c2c1)c1ccccc1. The van der Waals surface area contributed by atoms with Crippen molar-refractivity contribution >= 4 is 22.5 Å². The molecule has 2 heterocycles. The average molecular weight is 438 g/mol. The number of aromatic nitrogens is 3. The fourth-order valence-electron chi connectivity index (χ4n) is 3.98. The van der Waals surface area contributed by atoms with Gasteiger partial charge >= 0.3 is 0 Å². The number of anilines is 1. The number of nitrogens with one attached hydrogen (secondary N) is 2. The number of carbonyl (C=O) groups is 1. The highest BCUT2D eigenvalue weighted by Gasteiger charge is 2.20. The first kappa shape index (κ1) is 20.7. The van der Waals surface area contributed by atoms with Gasteiger partial charge in [0.05, 0.1) is 23.3 Å². The van der Waals surface area contributed by atoms with Crippen LogP contribution in [-0.2, 0) is 4.79 Å². The second-order valence-electron chi connectivity index (χ2n) is 7.78. The van der Waals surface area contributed by atoms with Gasteiger partial charge in [-0.3, -0.25) is 9.89 Å². The summed E-state index contributed by atoms with van der Waals surface area (Å²) < 4.78 is 5.36. The topological polar surface area (TPSA) is 110 Å². The Labute approximate surface area is 190 Å². The summed E-state index contributed by atoms with van der Waals surface area (Å²) in [6, 6.07) is 23.3. The highest BCUT2D eigenvalue weighted by atomic mass is 16.3. The highest BCUT2D eigenvalue weighted by molar-refractivity contribution is 6.00. The Morgan fingerprint density at radius 3 is 2.55 bits per heavy atom. The molecule has 7 heteroatoms. The van der Waals surface area contributed by atoms with Gasteiger partial charge in [0.2, 0.25) is 11.8 Å². The van der Waals surface area contributed by atoms with Crippen LogP contribution in [0.1, 0.15) is 17.9 Å². The van der Waals surface area contributed by atoms with Crippen molar-refractivity contribution in [3.8, 4) is 22.7 Å². The van der Waals surface area contributed by atoms with Crippen LogP contribution in [0, 0.1) is 0 Å². The zero-order valence-electron chi connectivity index (χ0n) is 17.9. The molecule has 7 nitrogen and oxygen atoms in total. The number of carbonyl (C=O) groups excluding carboxylic acids is 1. The minimum atomic E-state index is -0.307. The highest BCUT2D eigenvalue weighted by Crippen LogP contribution is 2.30. The van der Waals surface area contributed by atoms with E-state index in [0.717, 1.165) is 33.3 Å². The summed E-state index contributed by atoms with van der Waals surface area (Å²) in [5.74, 6) is 0.189. The Morgan fingerprint density at radius 1 is 1.03 bits per heavy atom. The average Bonchev–Trinajstić information content (AvgIpc) is 3.53.